The van der Waals surface area contributed by atoms with Gasteiger partial charge in [0.05, 0.1) is 5.69 Å². The van der Waals surface area contributed by atoms with E-state index < -0.39 is 0 Å². The lowest BCUT2D eigenvalue weighted by molar-refractivity contribution is 0.112. The predicted molar refractivity (Wildman–Crippen MR) is 72.8 cm³/mol. The minimum Gasteiger partial charge on any atom is -0.298 e. The maximum atomic E-state index is 14.1. The van der Waals surface area contributed by atoms with Crippen LogP contribution >= 0.6 is 0 Å². The van der Waals surface area contributed by atoms with E-state index in [1.165, 1.54) is 6.07 Å². The third-order valence-corrected chi connectivity index (χ3v) is 3.22. The summed E-state index contributed by atoms with van der Waals surface area (Å²) in [5, 5.41) is 4.44. The van der Waals surface area contributed by atoms with Crippen molar-refractivity contribution in [1.82, 2.24) is 9.78 Å². The van der Waals surface area contributed by atoms with E-state index >= 15 is 0 Å². The van der Waals surface area contributed by atoms with Crippen LogP contribution in [0.25, 0.3) is 11.1 Å². The van der Waals surface area contributed by atoms with Gasteiger partial charge in [-0.1, -0.05) is 19.1 Å². The van der Waals surface area contributed by atoms with Gasteiger partial charge in [-0.15, -0.1) is 0 Å². The summed E-state index contributed by atoms with van der Waals surface area (Å²) in [6.45, 7) is 6.72. The first kappa shape index (κ1) is 13.5. The van der Waals surface area contributed by atoms with Gasteiger partial charge in [0, 0.05) is 28.9 Å². The van der Waals surface area contributed by atoms with Gasteiger partial charge in [-0.3, -0.25) is 9.48 Å². The second kappa shape index (κ2) is 5.34. The molecule has 0 aliphatic heterocycles. The van der Waals surface area contributed by atoms with Crippen LogP contribution in [-0.4, -0.2) is 16.1 Å². The molecule has 0 fully saturated rings. The highest BCUT2D eigenvalue weighted by atomic mass is 19.1. The molecule has 2 rings (SSSR count). The largest absolute Gasteiger partial charge is 0.298 e. The fourth-order valence-electron chi connectivity index (χ4n) is 2.32. The predicted octanol–water partition coefficient (Wildman–Crippen LogP) is 3.53. The number of hydrogen-bond acceptors (Lipinski definition) is 2. The summed E-state index contributed by atoms with van der Waals surface area (Å²) in [7, 11) is 0. The number of aryl methyl sites for hydroxylation is 2. The Hall–Kier alpha value is -1.97. The van der Waals surface area contributed by atoms with Crippen molar-refractivity contribution in [3.8, 4) is 11.1 Å². The molecular weight excluding hydrogens is 243 g/mol. The molecule has 4 heteroatoms. The molecule has 3 nitrogen and oxygen atoms in total. The molecular formula is C15H17FN2O. The molecule has 2 aromatic rings. The quantitative estimate of drug-likeness (QED) is 0.788. The maximum absolute atomic E-state index is 14.1. The molecule has 0 unspecified atom stereocenters. The Labute approximate surface area is 112 Å². The van der Waals surface area contributed by atoms with E-state index in [0.717, 1.165) is 29.9 Å². The molecule has 0 amide bonds. The Balaban J connectivity index is 2.55. The molecule has 0 saturated carbocycles. The lowest BCUT2D eigenvalue weighted by Crippen LogP contribution is -2.01. The van der Waals surface area contributed by atoms with E-state index in [2.05, 4.69) is 12.0 Å². The first-order chi connectivity index (χ1) is 9.08. The summed E-state index contributed by atoms with van der Waals surface area (Å²) in [5.41, 5.74) is 3.43. The zero-order chi connectivity index (χ0) is 14.0. The fourth-order valence-corrected chi connectivity index (χ4v) is 2.32. The summed E-state index contributed by atoms with van der Waals surface area (Å²) in [4.78, 5) is 10.6. The topological polar surface area (TPSA) is 34.9 Å². The zero-order valence-corrected chi connectivity index (χ0v) is 11.4. The number of carbonyl (C=O) groups excluding carboxylic acids is 1. The molecule has 1 aromatic heterocycles. The van der Waals surface area contributed by atoms with Crippen molar-refractivity contribution in [2.24, 2.45) is 0 Å². The number of aromatic nitrogens is 2. The van der Waals surface area contributed by atoms with Gasteiger partial charge in [-0.2, -0.15) is 5.10 Å². The molecule has 100 valence electrons. The standard InChI is InChI=1S/C15H17FN2O/c1-4-7-18-11(3)15(10(2)17-18)13-6-5-12(9-19)8-14(13)16/h5-6,8-9H,4,7H2,1-3H3. The van der Waals surface area contributed by atoms with E-state index in [0.29, 0.717) is 17.4 Å². The molecule has 1 aromatic carbocycles. The van der Waals surface area contributed by atoms with Crippen molar-refractivity contribution in [3.63, 3.8) is 0 Å². The van der Waals surface area contributed by atoms with E-state index in [9.17, 15) is 9.18 Å². The highest BCUT2D eigenvalue weighted by molar-refractivity contribution is 5.78. The van der Waals surface area contributed by atoms with Crippen molar-refractivity contribution >= 4 is 6.29 Å². The Kier molecular flexibility index (Phi) is 3.79. The number of aldehydes is 1. The van der Waals surface area contributed by atoms with Gasteiger partial charge >= 0.3 is 0 Å². The van der Waals surface area contributed by atoms with Crippen LogP contribution in [0.15, 0.2) is 18.2 Å². The minimum atomic E-state index is -0.383. The lowest BCUT2D eigenvalue weighted by Gasteiger charge is -2.06. The number of rotatable bonds is 4. The maximum Gasteiger partial charge on any atom is 0.150 e. The highest BCUT2D eigenvalue weighted by Crippen LogP contribution is 2.29. The van der Waals surface area contributed by atoms with Gasteiger partial charge < -0.3 is 0 Å². The van der Waals surface area contributed by atoms with Crippen LogP contribution in [0.3, 0.4) is 0 Å². The number of carbonyl (C=O) groups is 1. The average Bonchev–Trinajstić information content (AvgIpc) is 2.66. The number of benzene rings is 1. The Morgan fingerprint density at radius 1 is 1.37 bits per heavy atom. The van der Waals surface area contributed by atoms with E-state index in [4.69, 9.17) is 0 Å². The lowest BCUT2D eigenvalue weighted by atomic mass is 10.0. The van der Waals surface area contributed by atoms with Gasteiger partial charge in [0.1, 0.15) is 12.1 Å². The summed E-state index contributed by atoms with van der Waals surface area (Å²) in [6.07, 6.45) is 1.63. The van der Waals surface area contributed by atoms with Gasteiger partial charge in [0.25, 0.3) is 0 Å². The van der Waals surface area contributed by atoms with Crippen molar-refractivity contribution in [2.75, 3.05) is 0 Å². The molecule has 0 saturated heterocycles. The first-order valence-corrected chi connectivity index (χ1v) is 6.37. The van der Waals surface area contributed by atoms with Crippen molar-refractivity contribution in [1.29, 1.82) is 0 Å². The van der Waals surface area contributed by atoms with E-state index in [-0.39, 0.29) is 5.82 Å². The zero-order valence-electron chi connectivity index (χ0n) is 11.4. The second-order valence-corrected chi connectivity index (χ2v) is 4.63. The van der Waals surface area contributed by atoms with Crippen molar-refractivity contribution < 1.29 is 9.18 Å². The molecule has 0 spiro atoms. The van der Waals surface area contributed by atoms with Crippen LogP contribution in [0.5, 0.6) is 0 Å². The van der Waals surface area contributed by atoms with Crippen LogP contribution in [-0.2, 0) is 6.54 Å². The molecule has 19 heavy (non-hydrogen) atoms. The molecule has 0 bridgehead atoms. The average molecular weight is 260 g/mol. The van der Waals surface area contributed by atoms with E-state index in [1.54, 1.807) is 12.1 Å². The summed E-state index contributed by atoms with van der Waals surface area (Å²) in [5.74, 6) is -0.383. The van der Waals surface area contributed by atoms with Crippen molar-refractivity contribution in [3.05, 3.63) is 41.0 Å². The Morgan fingerprint density at radius 2 is 2.11 bits per heavy atom. The first-order valence-electron chi connectivity index (χ1n) is 6.37. The smallest absolute Gasteiger partial charge is 0.150 e. The molecule has 0 aliphatic rings. The Morgan fingerprint density at radius 3 is 2.68 bits per heavy atom. The number of hydrogen-bond donors (Lipinski definition) is 0. The monoisotopic (exact) mass is 260 g/mol. The second-order valence-electron chi connectivity index (χ2n) is 4.63. The van der Waals surface area contributed by atoms with Crippen LogP contribution in [0.4, 0.5) is 4.39 Å². The molecule has 0 atom stereocenters. The molecule has 0 N–H and O–H groups in total. The van der Waals surface area contributed by atoms with Crippen LogP contribution in [0, 0.1) is 19.7 Å². The summed E-state index contributed by atoms with van der Waals surface area (Å²) >= 11 is 0. The number of halogens is 1. The SMILES string of the molecule is CCCn1nc(C)c(-c2ccc(C=O)cc2F)c1C. The van der Waals surface area contributed by atoms with Gasteiger partial charge in [-0.25, -0.2) is 4.39 Å². The van der Waals surface area contributed by atoms with Crippen LogP contribution in [0.1, 0.15) is 35.1 Å². The molecule has 0 aliphatic carbocycles. The van der Waals surface area contributed by atoms with Gasteiger partial charge in [-0.05, 0) is 26.3 Å². The van der Waals surface area contributed by atoms with E-state index in [1.807, 2.05) is 18.5 Å². The summed E-state index contributed by atoms with van der Waals surface area (Å²) < 4.78 is 16.0. The summed E-state index contributed by atoms with van der Waals surface area (Å²) in [6, 6.07) is 4.53. The third kappa shape index (κ3) is 2.43. The number of nitrogens with zero attached hydrogens (tertiary/aromatic N) is 2. The van der Waals surface area contributed by atoms with Crippen LogP contribution < -0.4 is 0 Å². The molecule has 1 heterocycles. The minimum absolute atomic E-state index is 0.345. The fraction of sp³-hybridized carbons (Fsp3) is 0.333. The Bertz CT molecular complexity index is 617. The highest BCUT2D eigenvalue weighted by Gasteiger charge is 2.16. The van der Waals surface area contributed by atoms with Gasteiger partial charge in [0.2, 0.25) is 0 Å². The normalized spacial score (nSPS) is 10.7. The van der Waals surface area contributed by atoms with Crippen molar-refractivity contribution in [2.45, 2.75) is 33.7 Å². The van der Waals surface area contributed by atoms with Gasteiger partial charge in [0.15, 0.2) is 0 Å². The van der Waals surface area contributed by atoms with Crippen LogP contribution in [0.2, 0.25) is 0 Å². The molecule has 0 radical (unpaired) electrons. The third-order valence-electron chi connectivity index (χ3n) is 3.22.